The summed E-state index contributed by atoms with van der Waals surface area (Å²) in [6.07, 6.45) is 1.82. The summed E-state index contributed by atoms with van der Waals surface area (Å²) < 4.78 is 0. The fourth-order valence-corrected chi connectivity index (χ4v) is 2.58. The van der Waals surface area contributed by atoms with E-state index in [2.05, 4.69) is 25.9 Å². The highest BCUT2D eigenvalue weighted by molar-refractivity contribution is 9.08. The molecular weight excluding hydrogens is 326 g/mol. The molecule has 19 heavy (non-hydrogen) atoms. The van der Waals surface area contributed by atoms with Crippen LogP contribution in [-0.4, -0.2) is 16.2 Å². The standard InChI is InChI=1S/C13H10BrN3OS/c1-19-13-16-11(10(7-15)12(18)17-13)9-5-3-2-4-8(9)6-14/h2-5H,6H2,1H3,(H,16,17,18). The molecule has 96 valence electrons. The van der Waals surface area contributed by atoms with Crippen LogP contribution in [0.15, 0.2) is 34.2 Å². The Hall–Kier alpha value is -1.58. The number of rotatable bonds is 3. The van der Waals surface area contributed by atoms with Crippen LogP contribution in [0.3, 0.4) is 0 Å². The van der Waals surface area contributed by atoms with Crippen molar-refractivity contribution in [2.75, 3.05) is 6.26 Å². The largest absolute Gasteiger partial charge is 0.300 e. The molecule has 1 N–H and O–H groups in total. The maximum Gasteiger partial charge on any atom is 0.270 e. The molecule has 0 radical (unpaired) electrons. The van der Waals surface area contributed by atoms with Crippen LogP contribution in [-0.2, 0) is 5.33 Å². The lowest BCUT2D eigenvalue weighted by Crippen LogP contribution is -2.15. The van der Waals surface area contributed by atoms with Crippen molar-refractivity contribution in [3.63, 3.8) is 0 Å². The molecule has 0 amide bonds. The highest BCUT2D eigenvalue weighted by Gasteiger charge is 2.15. The van der Waals surface area contributed by atoms with Crippen molar-refractivity contribution in [1.29, 1.82) is 5.26 Å². The Kier molecular flexibility index (Phi) is 4.40. The second-order valence-corrected chi connectivity index (χ2v) is 5.06. The summed E-state index contributed by atoms with van der Waals surface area (Å²) in [5, 5.41) is 10.3. The molecule has 0 bridgehead atoms. The van der Waals surface area contributed by atoms with E-state index >= 15 is 0 Å². The Labute approximate surface area is 123 Å². The van der Waals surface area contributed by atoms with E-state index in [1.165, 1.54) is 11.8 Å². The Bertz CT molecular complexity index is 706. The van der Waals surface area contributed by atoms with E-state index in [0.717, 1.165) is 11.1 Å². The SMILES string of the molecule is CSc1nc(-c2ccccc2CBr)c(C#N)c(=O)[nH]1. The van der Waals surface area contributed by atoms with Gasteiger partial charge >= 0.3 is 0 Å². The molecule has 0 unspecified atom stereocenters. The van der Waals surface area contributed by atoms with Gasteiger partial charge in [0.05, 0.1) is 5.69 Å². The first-order chi connectivity index (χ1) is 9.21. The van der Waals surface area contributed by atoms with Crippen molar-refractivity contribution in [1.82, 2.24) is 9.97 Å². The monoisotopic (exact) mass is 335 g/mol. The minimum Gasteiger partial charge on any atom is -0.300 e. The number of nitriles is 1. The number of halogens is 1. The predicted octanol–water partition coefficient (Wildman–Crippen LogP) is 2.93. The molecule has 2 aromatic rings. The van der Waals surface area contributed by atoms with Gasteiger partial charge in [-0.3, -0.25) is 4.79 Å². The van der Waals surface area contributed by atoms with Gasteiger partial charge in [0.15, 0.2) is 5.16 Å². The Morgan fingerprint density at radius 3 is 2.84 bits per heavy atom. The smallest absolute Gasteiger partial charge is 0.270 e. The van der Waals surface area contributed by atoms with Gasteiger partial charge in [-0.05, 0) is 11.8 Å². The van der Waals surface area contributed by atoms with E-state index < -0.39 is 5.56 Å². The Morgan fingerprint density at radius 1 is 1.47 bits per heavy atom. The summed E-state index contributed by atoms with van der Waals surface area (Å²) >= 11 is 4.74. The van der Waals surface area contributed by atoms with Crippen molar-refractivity contribution >= 4 is 27.7 Å². The lowest BCUT2D eigenvalue weighted by atomic mass is 10.0. The highest BCUT2D eigenvalue weighted by atomic mass is 79.9. The second kappa shape index (κ2) is 6.04. The molecule has 1 heterocycles. The summed E-state index contributed by atoms with van der Waals surface area (Å²) in [7, 11) is 0. The first kappa shape index (κ1) is 13.8. The number of hydrogen-bond acceptors (Lipinski definition) is 4. The number of nitrogens with one attached hydrogen (secondary N) is 1. The van der Waals surface area contributed by atoms with Crippen LogP contribution in [0, 0.1) is 11.3 Å². The molecule has 1 aromatic heterocycles. The molecule has 0 aliphatic rings. The molecule has 0 spiro atoms. The summed E-state index contributed by atoms with van der Waals surface area (Å²) in [5.74, 6) is 0. The molecule has 0 aliphatic carbocycles. The second-order valence-electron chi connectivity index (χ2n) is 3.70. The van der Waals surface area contributed by atoms with Crippen molar-refractivity contribution in [2.45, 2.75) is 10.5 Å². The van der Waals surface area contributed by atoms with Gasteiger partial charge in [-0.15, -0.1) is 0 Å². The van der Waals surface area contributed by atoms with Crippen LogP contribution >= 0.6 is 27.7 Å². The number of hydrogen-bond donors (Lipinski definition) is 1. The van der Waals surface area contributed by atoms with Crippen LogP contribution in [0.4, 0.5) is 0 Å². The predicted molar refractivity (Wildman–Crippen MR) is 79.4 cm³/mol. The molecule has 4 nitrogen and oxygen atoms in total. The summed E-state index contributed by atoms with van der Waals surface area (Å²) in [6.45, 7) is 0. The average molecular weight is 336 g/mol. The van der Waals surface area contributed by atoms with E-state index in [9.17, 15) is 4.79 Å². The van der Waals surface area contributed by atoms with Crippen molar-refractivity contribution in [2.24, 2.45) is 0 Å². The summed E-state index contributed by atoms with van der Waals surface area (Å²) in [5.41, 5.74) is 1.87. The lowest BCUT2D eigenvalue weighted by Gasteiger charge is -2.08. The topological polar surface area (TPSA) is 69.5 Å². The molecule has 6 heteroatoms. The molecule has 0 fully saturated rings. The summed E-state index contributed by atoms with van der Waals surface area (Å²) in [4.78, 5) is 18.8. The number of aromatic nitrogens is 2. The average Bonchev–Trinajstić information content (AvgIpc) is 2.46. The minimum absolute atomic E-state index is 0.0474. The summed E-state index contributed by atoms with van der Waals surface area (Å²) in [6, 6.07) is 9.51. The van der Waals surface area contributed by atoms with E-state index in [1.54, 1.807) is 0 Å². The van der Waals surface area contributed by atoms with Crippen molar-refractivity contribution < 1.29 is 0 Å². The quantitative estimate of drug-likeness (QED) is 0.532. The van der Waals surface area contributed by atoms with Gasteiger partial charge in [-0.25, -0.2) is 4.98 Å². The molecule has 0 atom stereocenters. The number of thioether (sulfide) groups is 1. The number of alkyl halides is 1. The highest BCUT2D eigenvalue weighted by Crippen LogP contribution is 2.26. The van der Waals surface area contributed by atoms with E-state index in [0.29, 0.717) is 16.2 Å². The molecule has 0 saturated heterocycles. The minimum atomic E-state index is -0.402. The lowest BCUT2D eigenvalue weighted by molar-refractivity contribution is 0.936. The fraction of sp³-hybridized carbons (Fsp3) is 0.154. The zero-order valence-corrected chi connectivity index (χ0v) is 12.5. The number of nitrogens with zero attached hydrogens (tertiary/aromatic N) is 2. The van der Waals surface area contributed by atoms with Crippen LogP contribution in [0.5, 0.6) is 0 Å². The fourth-order valence-electron chi connectivity index (χ4n) is 1.72. The van der Waals surface area contributed by atoms with Crippen LogP contribution in [0.2, 0.25) is 0 Å². The van der Waals surface area contributed by atoms with Gasteiger partial charge in [-0.1, -0.05) is 52.0 Å². The number of benzene rings is 1. The van der Waals surface area contributed by atoms with Crippen LogP contribution in [0.1, 0.15) is 11.1 Å². The van der Waals surface area contributed by atoms with Crippen molar-refractivity contribution in [3.05, 3.63) is 45.7 Å². The molecule has 0 aliphatic heterocycles. The van der Waals surface area contributed by atoms with Gasteiger partial charge in [0.25, 0.3) is 5.56 Å². The first-order valence-electron chi connectivity index (χ1n) is 5.44. The van der Waals surface area contributed by atoms with Gasteiger partial charge in [-0.2, -0.15) is 5.26 Å². The van der Waals surface area contributed by atoms with Gasteiger partial charge < -0.3 is 4.98 Å². The zero-order valence-electron chi connectivity index (χ0n) is 10.1. The maximum atomic E-state index is 11.9. The van der Waals surface area contributed by atoms with E-state index in [1.807, 2.05) is 36.6 Å². The molecule has 1 aromatic carbocycles. The third-order valence-corrected chi connectivity index (χ3v) is 3.80. The van der Waals surface area contributed by atoms with Gasteiger partial charge in [0.2, 0.25) is 0 Å². The molecular formula is C13H10BrN3OS. The Balaban J connectivity index is 2.77. The van der Waals surface area contributed by atoms with Gasteiger partial charge in [0, 0.05) is 10.9 Å². The van der Waals surface area contributed by atoms with E-state index in [-0.39, 0.29) is 5.56 Å². The molecule has 0 saturated carbocycles. The van der Waals surface area contributed by atoms with Crippen LogP contribution < -0.4 is 5.56 Å². The third kappa shape index (κ3) is 2.72. The van der Waals surface area contributed by atoms with Crippen LogP contribution in [0.25, 0.3) is 11.3 Å². The number of H-pyrrole nitrogens is 1. The van der Waals surface area contributed by atoms with Gasteiger partial charge in [0.1, 0.15) is 11.6 Å². The number of aromatic amines is 1. The molecule has 2 rings (SSSR count). The first-order valence-corrected chi connectivity index (χ1v) is 7.78. The van der Waals surface area contributed by atoms with Crippen molar-refractivity contribution in [3.8, 4) is 17.3 Å². The van der Waals surface area contributed by atoms with E-state index in [4.69, 9.17) is 5.26 Å². The third-order valence-electron chi connectivity index (χ3n) is 2.62. The Morgan fingerprint density at radius 2 is 2.21 bits per heavy atom. The normalized spacial score (nSPS) is 10.2. The zero-order chi connectivity index (χ0) is 13.8. The maximum absolute atomic E-state index is 11.9.